The third kappa shape index (κ3) is 15.5. The molecule has 378 valence electrons. The first-order valence-corrected chi connectivity index (χ1v) is 22.4. The molecular formula is C45H72O21. The van der Waals surface area contributed by atoms with Gasteiger partial charge in [0.25, 0.3) is 0 Å². The van der Waals surface area contributed by atoms with Crippen LogP contribution in [-0.2, 0) is 99.9 Å². The van der Waals surface area contributed by atoms with Crippen LogP contribution in [0.25, 0.3) is 0 Å². The van der Waals surface area contributed by atoms with Gasteiger partial charge in [0.2, 0.25) is 6.29 Å². The number of carbonyl (C=O) groups is 7. The van der Waals surface area contributed by atoms with Gasteiger partial charge in [-0.05, 0) is 25.7 Å². The van der Waals surface area contributed by atoms with Crippen LogP contribution in [-0.4, -0.2) is 148 Å². The first-order valence-electron chi connectivity index (χ1n) is 22.4. The van der Waals surface area contributed by atoms with Gasteiger partial charge in [0.05, 0.1) is 24.4 Å². The maximum absolute atomic E-state index is 11.9. The average Bonchev–Trinajstić information content (AvgIpc) is 3.21. The number of hydrogen-bond acceptors (Lipinski definition) is 21. The Kier molecular flexibility index (Phi) is 21.7. The molecule has 21 nitrogen and oxygen atoms in total. The molecular weight excluding hydrogens is 876 g/mol. The highest BCUT2D eigenvalue weighted by atomic mass is 16.8. The Balaban J connectivity index is 0.000000351. The van der Waals surface area contributed by atoms with Crippen molar-refractivity contribution < 1.29 is 99.9 Å². The van der Waals surface area contributed by atoms with E-state index in [1.807, 2.05) is 48.5 Å². The molecule has 0 spiro atoms. The van der Waals surface area contributed by atoms with E-state index in [0.717, 1.165) is 0 Å². The summed E-state index contributed by atoms with van der Waals surface area (Å²) in [5.41, 5.74) is 0. The van der Waals surface area contributed by atoms with Crippen LogP contribution in [0, 0.1) is 35.5 Å². The predicted molar refractivity (Wildman–Crippen MR) is 225 cm³/mol. The summed E-state index contributed by atoms with van der Waals surface area (Å²) in [7, 11) is 1.46. The number of esters is 7. The fourth-order valence-corrected chi connectivity index (χ4v) is 8.28. The fraction of sp³-hybridized carbons (Fsp3) is 0.844. The van der Waals surface area contributed by atoms with Gasteiger partial charge in [0, 0.05) is 79.2 Å². The summed E-state index contributed by atoms with van der Waals surface area (Å²) >= 11 is 0. The second-order valence-electron chi connectivity index (χ2n) is 17.6. The summed E-state index contributed by atoms with van der Waals surface area (Å²) in [6, 6.07) is 0. The minimum absolute atomic E-state index is 0.00330. The zero-order chi connectivity index (χ0) is 49.9. The largest absolute Gasteiger partial charge is 0.463 e. The summed E-state index contributed by atoms with van der Waals surface area (Å²) in [6.07, 6.45) is -10.7. The van der Waals surface area contributed by atoms with Crippen molar-refractivity contribution in [2.75, 3.05) is 20.3 Å². The van der Waals surface area contributed by atoms with Gasteiger partial charge in [0.1, 0.15) is 25.4 Å². The van der Waals surface area contributed by atoms with Crippen molar-refractivity contribution in [3.05, 3.63) is 0 Å². The molecule has 0 aliphatic carbocycles. The number of carbonyl (C=O) groups excluding carboxylic acids is 7. The van der Waals surface area contributed by atoms with Crippen molar-refractivity contribution in [2.24, 2.45) is 35.5 Å². The normalized spacial score (nSPS) is 38.8. The topological polar surface area (TPSA) is 249 Å². The van der Waals surface area contributed by atoms with Crippen LogP contribution in [0.15, 0.2) is 0 Å². The Labute approximate surface area is 386 Å². The van der Waals surface area contributed by atoms with Crippen molar-refractivity contribution in [1.82, 2.24) is 0 Å². The SMILES string of the molecule is CC(=O)OC[C@@H]1O[C@H](O[C@@H]2C(OC(C)=O)C(OC(C)=O)OC(C)[C@@H]2C)C(OC(C)=O)C(C)[C@@H]1C.CO[C@@H]1OC(C)[C@H](C)[C@H](O[C@H]2O[C@@H](COC(C)=O)[C@@H](C)C(C)C2OC(C)=O)C1OC(C)=O. The molecule has 4 saturated heterocycles. The molecule has 4 aliphatic rings. The lowest BCUT2D eigenvalue weighted by Crippen LogP contribution is -2.60. The highest BCUT2D eigenvalue weighted by molar-refractivity contribution is 5.68. The third-order valence-corrected chi connectivity index (χ3v) is 12.6. The highest BCUT2D eigenvalue weighted by Gasteiger charge is 2.53. The van der Waals surface area contributed by atoms with E-state index in [4.69, 9.17) is 66.3 Å². The first-order chi connectivity index (χ1) is 30.8. The quantitative estimate of drug-likeness (QED) is 0.178. The summed E-state index contributed by atoms with van der Waals surface area (Å²) in [5, 5.41) is 0. The molecule has 9 unspecified atom stereocenters. The van der Waals surface area contributed by atoms with Crippen LogP contribution in [0.2, 0.25) is 0 Å². The van der Waals surface area contributed by atoms with Crippen LogP contribution in [0.4, 0.5) is 0 Å². The van der Waals surface area contributed by atoms with Crippen molar-refractivity contribution in [2.45, 2.75) is 190 Å². The summed E-state index contributed by atoms with van der Waals surface area (Å²) < 4.78 is 79.6. The third-order valence-electron chi connectivity index (χ3n) is 12.6. The van der Waals surface area contributed by atoms with E-state index in [-0.39, 0.29) is 54.8 Å². The number of ether oxygens (including phenoxy) is 14. The fourth-order valence-electron chi connectivity index (χ4n) is 8.28. The molecule has 0 aromatic carbocycles. The summed E-state index contributed by atoms with van der Waals surface area (Å²) in [6.45, 7) is 24.1. The van der Waals surface area contributed by atoms with Gasteiger partial charge < -0.3 is 66.3 Å². The highest BCUT2D eigenvalue weighted by Crippen LogP contribution is 2.40. The Morgan fingerprint density at radius 1 is 0.348 bits per heavy atom. The van der Waals surface area contributed by atoms with Gasteiger partial charge in [-0.15, -0.1) is 0 Å². The van der Waals surface area contributed by atoms with E-state index < -0.39 is 122 Å². The minimum atomic E-state index is -1.19. The molecule has 0 bridgehead atoms. The second-order valence-corrected chi connectivity index (χ2v) is 17.6. The van der Waals surface area contributed by atoms with Gasteiger partial charge >= 0.3 is 41.8 Å². The zero-order valence-corrected chi connectivity index (χ0v) is 41.0. The lowest BCUT2D eigenvalue weighted by molar-refractivity contribution is -0.340. The Hall–Kier alpha value is -3.99. The van der Waals surface area contributed by atoms with E-state index in [1.165, 1.54) is 55.6 Å². The van der Waals surface area contributed by atoms with Crippen molar-refractivity contribution >= 4 is 41.8 Å². The number of methoxy groups -OCH3 is 1. The summed E-state index contributed by atoms with van der Waals surface area (Å²) in [5.74, 6) is -4.69. The molecule has 0 radical (unpaired) electrons. The molecule has 66 heavy (non-hydrogen) atoms. The smallest absolute Gasteiger partial charge is 0.305 e. The van der Waals surface area contributed by atoms with Crippen LogP contribution < -0.4 is 0 Å². The Morgan fingerprint density at radius 2 is 0.667 bits per heavy atom. The van der Waals surface area contributed by atoms with Gasteiger partial charge in [-0.3, -0.25) is 33.6 Å². The molecule has 4 heterocycles. The minimum Gasteiger partial charge on any atom is -0.463 e. The molecule has 21 heteroatoms. The maximum atomic E-state index is 11.9. The van der Waals surface area contributed by atoms with E-state index in [0.29, 0.717) is 0 Å². The maximum Gasteiger partial charge on any atom is 0.305 e. The predicted octanol–water partition coefficient (Wildman–Crippen LogP) is 3.56. The Morgan fingerprint density at radius 3 is 0.985 bits per heavy atom. The molecule has 4 aliphatic heterocycles. The van der Waals surface area contributed by atoms with Gasteiger partial charge in [-0.2, -0.15) is 0 Å². The standard InChI is InChI=1S/C23H36O11.C22H36O10/c1-10-11(2)20(30-15(6)25)22(33-18(10)9-28-14(5)24)34-19-12(3)13(4)29-23(32-17(8)27)21(19)31-16(7)26;1-10-11(2)19(29-15(6)24)22(31-17(10)9-27-14(5)23)32-18-12(3)13(4)28-21(26-8)20(18)30-16(7)25/h10-13,18-23H,9H2,1-8H3;10-13,17-22H,9H2,1-8H3/t10-,11?,12-,13?,18-,19-,20?,21?,22+,23?;10-,11?,12-,13?,17-,18-,19?,20?,21+,22+/m00/s1. The molecule has 0 N–H and O–H groups in total. The molecule has 4 rings (SSSR count). The lowest BCUT2D eigenvalue weighted by atomic mass is 9.83. The number of hydrogen-bond donors (Lipinski definition) is 0. The first kappa shape index (κ1) is 56.3. The molecule has 0 aromatic heterocycles. The molecule has 0 saturated carbocycles. The van der Waals surface area contributed by atoms with Crippen LogP contribution in [0.3, 0.4) is 0 Å². The summed E-state index contributed by atoms with van der Waals surface area (Å²) in [4.78, 5) is 81.6. The van der Waals surface area contributed by atoms with E-state index in [1.54, 1.807) is 6.92 Å². The van der Waals surface area contributed by atoms with Crippen molar-refractivity contribution in [3.63, 3.8) is 0 Å². The average molecular weight is 949 g/mol. The van der Waals surface area contributed by atoms with E-state index in [2.05, 4.69) is 0 Å². The van der Waals surface area contributed by atoms with Gasteiger partial charge in [0.15, 0.2) is 43.3 Å². The Bertz CT molecular complexity index is 1650. The zero-order valence-electron chi connectivity index (χ0n) is 41.0. The lowest BCUT2D eigenvalue weighted by Gasteiger charge is -2.48. The van der Waals surface area contributed by atoms with Crippen LogP contribution >= 0.6 is 0 Å². The monoisotopic (exact) mass is 948 g/mol. The molecule has 0 amide bonds. The van der Waals surface area contributed by atoms with Crippen LogP contribution in [0.1, 0.15) is 104 Å². The molecule has 20 atom stereocenters. The van der Waals surface area contributed by atoms with Crippen molar-refractivity contribution in [3.8, 4) is 0 Å². The van der Waals surface area contributed by atoms with E-state index in [9.17, 15) is 33.6 Å². The van der Waals surface area contributed by atoms with Crippen molar-refractivity contribution in [1.29, 1.82) is 0 Å². The second kappa shape index (κ2) is 25.4. The van der Waals surface area contributed by atoms with Crippen LogP contribution in [0.5, 0.6) is 0 Å². The van der Waals surface area contributed by atoms with Gasteiger partial charge in [-0.1, -0.05) is 41.5 Å². The van der Waals surface area contributed by atoms with Gasteiger partial charge in [-0.25, -0.2) is 0 Å². The molecule has 0 aromatic rings. The van der Waals surface area contributed by atoms with E-state index >= 15 is 0 Å². The molecule has 4 fully saturated rings. The number of rotatable bonds is 14.